The zero-order valence-electron chi connectivity index (χ0n) is 15.8. The molecule has 0 aliphatic rings. The summed E-state index contributed by atoms with van der Waals surface area (Å²) in [5, 5.41) is 13.7. The van der Waals surface area contributed by atoms with E-state index in [2.05, 4.69) is 37.6 Å². The summed E-state index contributed by atoms with van der Waals surface area (Å²) in [6.07, 6.45) is 4.59. The lowest BCUT2D eigenvalue weighted by atomic mass is 10.2. The van der Waals surface area contributed by atoms with E-state index < -0.39 is 0 Å². The van der Waals surface area contributed by atoms with E-state index >= 15 is 0 Å². The van der Waals surface area contributed by atoms with Gasteiger partial charge in [-0.3, -0.25) is 9.48 Å². The van der Waals surface area contributed by atoms with Crippen molar-refractivity contribution in [3.8, 4) is 0 Å². The van der Waals surface area contributed by atoms with Gasteiger partial charge in [-0.15, -0.1) is 0 Å². The Hall–Kier alpha value is -2.70. The zero-order chi connectivity index (χ0) is 21.3. The number of aromatic nitrogens is 4. The molecule has 156 valence electrons. The lowest BCUT2D eigenvalue weighted by Crippen LogP contribution is -2.08. The van der Waals surface area contributed by atoms with Crippen molar-refractivity contribution >= 4 is 63.8 Å². The average molecular weight is 540 g/mol. The van der Waals surface area contributed by atoms with Crippen molar-refractivity contribution in [2.75, 3.05) is 22.6 Å². The summed E-state index contributed by atoms with van der Waals surface area (Å²) in [7, 11) is 0. The highest BCUT2D eigenvalue weighted by Crippen LogP contribution is 2.22. The van der Waals surface area contributed by atoms with Crippen molar-refractivity contribution in [3.63, 3.8) is 0 Å². The number of benzene rings is 1. The molecule has 0 aliphatic heterocycles. The first-order chi connectivity index (χ1) is 14.6. The van der Waals surface area contributed by atoms with Gasteiger partial charge in [0.1, 0.15) is 28.0 Å². The monoisotopic (exact) mass is 539 g/mol. The molecule has 30 heavy (non-hydrogen) atoms. The molecule has 3 N–H and O–H groups in total. The maximum atomic E-state index is 11.3. The van der Waals surface area contributed by atoms with Crippen LogP contribution < -0.4 is 16.0 Å². The van der Waals surface area contributed by atoms with E-state index in [-0.39, 0.29) is 5.91 Å². The van der Waals surface area contributed by atoms with E-state index in [0.717, 1.165) is 5.56 Å². The van der Waals surface area contributed by atoms with Crippen LogP contribution in [0.15, 0.2) is 55.4 Å². The second-order valence-corrected chi connectivity index (χ2v) is 7.07. The Kier molecular flexibility index (Phi) is 7.99. The zero-order valence-corrected chi connectivity index (χ0v) is 18.7. The highest BCUT2D eigenvalue weighted by atomic mass is 127. The standard InChI is InChI=1S/C19H19ClIN7O2/c1-2-17(29)24-14-5-3-13(4-6-14)11-22-18-15(20)12-23-19(26-18)25-16-7-8-28(27-16)9-10-30-21/h2-8,12H,1,9-11H2,(H,24,29)(H2,22,23,25,26,27). The molecule has 0 bridgehead atoms. The first-order valence-electron chi connectivity index (χ1n) is 8.90. The fraction of sp³-hybridized carbons (Fsp3) is 0.158. The Labute approximate surface area is 192 Å². The Balaban J connectivity index is 1.60. The van der Waals surface area contributed by atoms with Crippen LogP contribution in [0.4, 0.5) is 23.3 Å². The third-order valence-corrected chi connectivity index (χ3v) is 4.61. The number of carbonyl (C=O) groups excluding carboxylic acids is 1. The van der Waals surface area contributed by atoms with Crippen LogP contribution in [0.5, 0.6) is 0 Å². The number of nitrogens with zero attached hydrogens (tertiary/aromatic N) is 4. The minimum Gasteiger partial charge on any atom is -0.365 e. The third kappa shape index (κ3) is 6.40. The molecule has 2 heterocycles. The van der Waals surface area contributed by atoms with Crippen LogP contribution >= 0.6 is 34.6 Å². The highest BCUT2D eigenvalue weighted by molar-refractivity contribution is 14.1. The van der Waals surface area contributed by atoms with Gasteiger partial charge in [0, 0.05) is 24.5 Å². The van der Waals surface area contributed by atoms with Crippen LogP contribution in [-0.4, -0.2) is 32.3 Å². The number of hydrogen-bond donors (Lipinski definition) is 3. The molecule has 11 heteroatoms. The molecule has 3 aromatic rings. The highest BCUT2D eigenvalue weighted by Gasteiger charge is 2.08. The number of amides is 1. The molecule has 0 saturated carbocycles. The molecule has 0 unspecified atom stereocenters. The van der Waals surface area contributed by atoms with Gasteiger partial charge in [-0.1, -0.05) is 30.3 Å². The predicted octanol–water partition coefficient (Wildman–Crippen LogP) is 4.17. The van der Waals surface area contributed by atoms with Gasteiger partial charge < -0.3 is 19.0 Å². The number of nitrogens with one attached hydrogen (secondary N) is 3. The summed E-state index contributed by atoms with van der Waals surface area (Å²) in [5.41, 5.74) is 1.69. The van der Waals surface area contributed by atoms with Crippen LogP contribution in [0.1, 0.15) is 5.56 Å². The number of carbonyl (C=O) groups is 1. The van der Waals surface area contributed by atoms with Gasteiger partial charge in [-0.05, 0) is 23.8 Å². The molecule has 0 radical (unpaired) electrons. The number of rotatable bonds is 10. The molecule has 0 fully saturated rings. The second-order valence-electron chi connectivity index (χ2n) is 6.04. The van der Waals surface area contributed by atoms with E-state index in [1.54, 1.807) is 4.68 Å². The van der Waals surface area contributed by atoms with Gasteiger partial charge in [0.25, 0.3) is 0 Å². The number of anilines is 4. The smallest absolute Gasteiger partial charge is 0.247 e. The Morgan fingerprint density at radius 3 is 2.83 bits per heavy atom. The molecule has 2 aromatic heterocycles. The Bertz CT molecular complexity index is 1010. The maximum Gasteiger partial charge on any atom is 0.247 e. The summed E-state index contributed by atoms with van der Waals surface area (Å²) >= 11 is 8.07. The second kappa shape index (κ2) is 10.9. The summed E-state index contributed by atoms with van der Waals surface area (Å²) in [6.45, 7) is 5.14. The lowest BCUT2D eigenvalue weighted by molar-refractivity contribution is -0.111. The summed E-state index contributed by atoms with van der Waals surface area (Å²) in [6, 6.07) is 9.24. The van der Waals surface area contributed by atoms with Crippen LogP contribution in [0.25, 0.3) is 0 Å². The van der Waals surface area contributed by atoms with Gasteiger partial charge in [0.15, 0.2) is 11.6 Å². The van der Waals surface area contributed by atoms with Crippen molar-refractivity contribution < 1.29 is 7.86 Å². The maximum absolute atomic E-state index is 11.3. The molecule has 0 aliphatic carbocycles. The minimum atomic E-state index is -0.253. The summed E-state index contributed by atoms with van der Waals surface area (Å²) in [5.74, 6) is 1.24. The lowest BCUT2D eigenvalue weighted by Gasteiger charge is -2.10. The largest absolute Gasteiger partial charge is 0.365 e. The first-order valence-corrected chi connectivity index (χ1v) is 10.2. The summed E-state index contributed by atoms with van der Waals surface area (Å²) < 4.78 is 6.77. The molecular weight excluding hydrogens is 521 g/mol. The molecule has 1 aromatic carbocycles. The first kappa shape index (κ1) is 22.0. The molecule has 0 atom stereocenters. The number of halogens is 2. The summed E-state index contributed by atoms with van der Waals surface area (Å²) in [4.78, 5) is 19.9. The van der Waals surface area contributed by atoms with Gasteiger partial charge in [0.05, 0.1) is 19.3 Å². The van der Waals surface area contributed by atoms with Crippen molar-refractivity contribution in [3.05, 3.63) is 66.0 Å². The van der Waals surface area contributed by atoms with Crippen LogP contribution in [0.2, 0.25) is 5.02 Å². The Morgan fingerprint density at radius 2 is 2.10 bits per heavy atom. The van der Waals surface area contributed by atoms with Crippen molar-refractivity contribution in [1.29, 1.82) is 0 Å². The molecule has 9 nitrogen and oxygen atoms in total. The normalized spacial score (nSPS) is 10.5. The van der Waals surface area contributed by atoms with Gasteiger partial charge in [0.2, 0.25) is 11.9 Å². The SMILES string of the molecule is C=CC(=O)Nc1ccc(CNc2nc(Nc3ccn(CCOI)n3)ncc2Cl)cc1. The van der Waals surface area contributed by atoms with Crippen molar-refractivity contribution in [1.82, 2.24) is 19.7 Å². The Morgan fingerprint density at radius 1 is 1.30 bits per heavy atom. The molecular formula is C19H19ClIN7O2. The van der Waals surface area contributed by atoms with E-state index in [0.29, 0.717) is 48.0 Å². The van der Waals surface area contributed by atoms with Crippen LogP contribution in [0, 0.1) is 0 Å². The molecule has 0 saturated heterocycles. The van der Waals surface area contributed by atoms with Gasteiger partial charge in [-0.2, -0.15) is 10.1 Å². The molecule has 0 spiro atoms. The van der Waals surface area contributed by atoms with E-state index in [1.165, 1.54) is 12.3 Å². The van der Waals surface area contributed by atoms with Gasteiger partial charge >= 0.3 is 0 Å². The van der Waals surface area contributed by atoms with E-state index in [1.807, 2.05) is 59.5 Å². The van der Waals surface area contributed by atoms with E-state index in [4.69, 9.17) is 14.7 Å². The van der Waals surface area contributed by atoms with Crippen molar-refractivity contribution in [2.45, 2.75) is 13.1 Å². The molecule has 1 amide bonds. The fourth-order valence-corrected chi connectivity index (χ4v) is 2.79. The van der Waals surface area contributed by atoms with Crippen LogP contribution in [0.3, 0.4) is 0 Å². The minimum absolute atomic E-state index is 0.253. The predicted molar refractivity (Wildman–Crippen MR) is 125 cm³/mol. The van der Waals surface area contributed by atoms with Crippen LogP contribution in [-0.2, 0) is 21.0 Å². The molecule has 3 rings (SSSR count). The third-order valence-electron chi connectivity index (χ3n) is 3.89. The van der Waals surface area contributed by atoms with E-state index in [9.17, 15) is 4.79 Å². The topological polar surface area (TPSA) is 106 Å². The number of hydrogen-bond acceptors (Lipinski definition) is 7. The average Bonchev–Trinajstić information content (AvgIpc) is 3.20. The quantitative estimate of drug-likeness (QED) is 0.262. The fourth-order valence-electron chi connectivity index (χ4n) is 2.43. The van der Waals surface area contributed by atoms with Crippen molar-refractivity contribution in [2.24, 2.45) is 0 Å². The van der Waals surface area contributed by atoms with Gasteiger partial charge in [-0.25, -0.2) is 4.98 Å².